The molecule has 4 rings (SSSR count). The highest BCUT2D eigenvalue weighted by molar-refractivity contribution is 5.92. The molecule has 1 fully saturated rings. The molecule has 1 saturated carbocycles. The van der Waals surface area contributed by atoms with Gasteiger partial charge in [-0.1, -0.05) is 6.07 Å². The van der Waals surface area contributed by atoms with Gasteiger partial charge in [0.05, 0.1) is 25.8 Å². The Kier molecular flexibility index (Phi) is 6.28. The van der Waals surface area contributed by atoms with Crippen molar-refractivity contribution in [1.29, 1.82) is 0 Å². The second-order valence-electron chi connectivity index (χ2n) is 7.90. The molecule has 8 nitrogen and oxygen atoms in total. The zero-order valence-corrected chi connectivity index (χ0v) is 18.5. The first-order valence-electron chi connectivity index (χ1n) is 10.6. The molecule has 1 aliphatic carbocycles. The molecule has 1 heterocycles. The standard InChI is InChI=1S/C24H27N5O3/c1-14(16-9-17(25)11-18(10-16)26-2)27-24-19-12-22(32-8-7-30-3)21(31-4)13-20(19)28-23(29-24)15-5-6-15/h9-15H,5-8,25H2,1,3-4H3,(H,27,28,29)/t14-/m1/s1. The average molecular weight is 434 g/mol. The van der Waals surface area contributed by atoms with E-state index in [1.807, 2.05) is 31.2 Å². The smallest absolute Gasteiger partial charge is 0.189 e. The van der Waals surface area contributed by atoms with Gasteiger partial charge in [-0.05, 0) is 43.5 Å². The Morgan fingerprint density at radius 2 is 1.94 bits per heavy atom. The molecule has 0 unspecified atom stereocenters. The van der Waals surface area contributed by atoms with Crippen molar-refractivity contribution < 1.29 is 14.2 Å². The zero-order valence-electron chi connectivity index (χ0n) is 18.5. The lowest BCUT2D eigenvalue weighted by Gasteiger charge is -2.19. The minimum absolute atomic E-state index is 0.121. The topological polar surface area (TPSA) is 95.9 Å². The van der Waals surface area contributed by atoms with Crippen molar-refractivity contribution >= 4 is 28.1 Å². The highest BCUT2D eigenvalue weighted by Crippen LogP contribution is 2.41. The number of anilines is 2. The molecule has 0 saturated heterocycles. The van der Waals surface area contributed by atoms with Gasteiger partial charge in [-0.2, -0.15) is 0 Å². The number of methoxy groups -OCH3 is 2. The van der Waals surface area contributed by atoms with Gasteiger partial charge in [0.1, 0.15) is 18.2 Å². The summed E-state index contributed by atoms with van der Waals surface area (Å²) in [5.74, 6) is 3.16. The Morgan fingerprint density at radius 3 is 2.62 bits per heavy atom. The van der Waals surface area contributed by atoms with Crippen LogP contribution < -0.4 is 20.5 Å². The van der Waals surface area contributed by atoms with Gasteiger partial charge in [-0.3, -0.25) is 0 Å². The SMILES string of the molecule is [C-]#[N+]c1cc(N)cc([C@@H](C)Nc2nc(C3CC3)nc3cc(OC)c(OCCOC)cc23)c1. The molecular weight excluding hydrogens is 406 g/mol. The Labute approximate surface area is 187 Å². The molecular formula is C24H27N5O3. The van der Waals surface area contributed by atoms with E-state index >= 15 is 0 Å². The summed E-state index contributed by atoms with van der Waals surface area (Å²) in [6.45, 7) is 10.2. The molecule has 3 N–H and O–H groups in total. The van der Waals surface area contributed by atoms with Crippen LogP contribution in [0.5, 0.6) is 11.5 Å². The largest absolute Gasteiger partial charge is 0.493 e. The summed E-state index contributed by atoms with van der Waals surface area (Å²) in [7, 11) is 3.25. The third kappa shape index (κ3) is 4.68. The van der Waals surface area contributed by atoms with Crippen LogP contribution in [0.2, 0.25) is 0 Å². The van der Waals surface area contributed by atoms with Crippen molar-refractivity contribution in [3.63, 3.8) is 0 Å². The number of nitrogen functional groups attached to an aromatic ring is 1. The third-order valence-corrected chi connectivity index (χ3v) is 5.43. The van der Waals surface area contributed by atoms with Crippen LogP contribution >= 0.6 is 0 Å². The number of hydrogen-bond acceptors (Lipinski definition) is 7. The fourth-order valence-electron chi connectivity index (χ4n) is 3.56. The Balaban J connectivity index is 1.75. The van der Waals surface area contributed by atoms with Gasteiger partial charge in [0.25, 0.3) is 0 Å². The molecule has 0 radical (unpaired) electrons. The minimum Gasteiger partial charge on any atom is -0.493 e. The number of rotatable bonds is 9. The molecule has 0 spiro atoms. The van der Waals surface area contributed by atoms with Crippen LogP contribution in [0.4, 0.5) is 17.2 Å². The summed E-state index contributed by atoms with van der Waals surface area (Å²) in [5.41, 5.74) is 8.79. The fraction of sp³-hybridized carbons (Fsp3) is 0.375. The molecule has 2 aromatic carbocycles. The maximum atomic E-state index is 7.31. The van der Waals surface area contributed by atoms with Crippen molar-refractivity contribution in [1.82, 2.24) is 9.97 Å². The maximum absolute atomic E-state index is 7.31. The van der Waals surface area contributed by atoms with Crippen LogP contribution in [-0.4, -0.2) is 37.4 Å². The first-order valence-corrected chi connectivity index (χ1v) is 10.6. The lowest BCUT2D eigenvalue weighted by Crippen LogP contribution is -2.11. The molecule has 0 bridgehead atoms. The average Bonchev–Trinajstić information content (AvgIpc) is 3.64. The quantitative estimate of drug-likeness (QED) is 0.283. The molecule has 0 aliphatic heterocycles. The number of benzene rings is 2. The second kappa shape index (κ2) is 9.28. The first-order chi connectivity index (χ1) is 15.5. The van der Waals surface area contributed by atoms with Crippen molar-refractivity contribution in [2.75, 3.05) is 38.5 Å². The highest BCUT2D eigenvalue weighted by Gasteiger charge is 2.28. The van der Waals surface area contributed by atoms with Crippen molar-refractivity contribution in [3.8, 4) is 11.5 Å². The third-order valence-electron chi connectivity index (χ3n) is 5.43. The van der Waals surface area contributed by atoms with E-state index in [9.17, 15) is 0 Å². The van der Waals surface area contributed by atoms with Crippen LogP contribution in [0.1, 0.15) is 43.1 Å². The van der Waals surface area contributed by atoms with Gasteiger partial charge in [0.15, 0.2) is 17.2 Å². The Hall–Kier alpha value is -3.57. The molecule has 32 heavy (non-hydrogen) atoms. The zero-order chi connectivity index (χ0) is 22.7. The summed E-state index contributed by atoms with van der Waals surface area (Å²) < 4.78 is 16.5. The summed E-state index contributed by atoms with van der Waals surface area (Å²) in [6.07, 6.45) is 2.19. The van der Waals surface area contributed by atoms with Crippen LogP contribution in [0.15, 0.2) is 30.3 Å². The Morgan fingerprint density at radius 1 is 1.12 bits per heavy atom. The minimum atomic E-state index is -0.121. The maximum Gasteiger partial charge on any atom is 0.189 e. The molecule has 1 aliphatic rings. The summed E-state index contributed by atoms with van der Waals surface area (Å²) in [4.78, 5) is 13.2. The van der Waals surface area contributed by atoms with Gasteiger partial charge < -0.3 is 25.3 Å². The highest BCUT2D eigenvalue weighted by atomic mass is 16.5. The number of nitrogens with zero attached hydrogens (tertiary/aromatic N) is 3. The Bertz CT molecular complexity index is 1170. The lowest BCUT2D eigenvalue weighted by molar-refractivity contribution is 0.144. The van der Waals surface area contributed by atoms with Crippen molar-refractivity contribution in [3.05, 3.63) is 53.1 Å². The van der Waals surface area contributed by atoms with E-state index in [0.29, 0.717) is 42.0 Å². The van der Waals surface area contributed by atoms with E-state index < -0.39 is 0 Å². The van der Waals surface area contributed by atoms with E-state index in [2.05, 4.69) is 10.2 Å². The van der Waals surface area contributed by atoms with E-state index in [1.54, 1.807) is 20.3 Å². The van der Waals surface area contributed by atoms with E-state index in [-0.39, 0.29) is 6.04 Å². The normalized spacial score (nSPS) is 14.1. The molecule has 3 aromatic rings. The summed E-state index contributed by atoms with van der Waals surface area (Å²) in [6, 6.07) is 9.06. The van der Waals surface area contributed by atoms with Gasteiger partial charge >= 0.3 is 0 Å². The fourth-order valence-corrected chi connectivity index (χ4v) is 3.56. The molecule has 166 valence electrons. The van der Waals surface area contributed by atoms with Crippen LogP contribution in [0.3, 0.4) is 0 Å². The lowest BCUT2D eigenvalue weighted by atomic mass is 10.1. The first kappa shape index (κ1) is 21.7. The van der Waals surface area contributed by atoms with Gasteiger partial charge in [-0.25, -0.2) is 14.8 Å². The summed E-state index contributed by atoms with van der Waals surface area (Å²) in [5, 5.41) is 4.34. The monoisotopic (exact) mass is 433 g/mol. The van der Waals surface area contributed by atoms with Crippen LogP contribution in [-0.2, 0) is 4.74 Å². The number of nitrogens with one attached hydrogen (secondary N) is 1. The molecule has 8 heteroatoms. The van der Waals surface area contributed by atoms with E-state index in [4.69, 9.17) is 36.5 Å². The number of nitrogens with two attached hydrogens (primary N) is 1. The predicted octanol–water partition coefficient (Wildman–Crippen LogP) is 4.85. The van der Waals surface area contributed by atoms with Gasteiger partial charge in [-0.15, -0.1) is 0 Å². The van der Waals surface area contributed by atoms with E-state index in [0.717, 1.165) is 41.0 Å². The van der Waals surface area contributed by atoms with Crippen LogP contribution in [0, 0.1) is 6.57 Å². The van der Waals surface area contributed by atoms with Crippen molar-refractivity contribution in [2.24, 2.45) is 0 Å². The number of aromatic nitrogens is 2. The van der Waals surface area contributed by atoms with E-state index in [1.165, 1.54) is 0 Å². The van der Waals surface area contributed by atoms with Gasteiger partial charge in [0, 0.05) is 36.2 Å². The number of hydrogen-bond donors (Lipinski definition) is 2. The molecule has 1 atom stereocenters. The van der Waals surface area contributed by atoms with Gasteiger partial charge in [0.2, 0.25) is 0 Å². The van der Waals surface area contributed by atoms with Crippen molar-refractivity contribution in [2.45, 2.75) is 31.7 Å². The number of fused-ring (bicyclic) bond motifs is 1. The predicted molar refractivity (Wildman–Crippen MR) is 125 cm³/mol. The number of ether oxygens (including phenoxy) is 3. The molecule has 1 aromatic heterocycles. The van der Waals surface area contributed by atoms with Crippen LogP contribution in [0.25, 0.3) is 15.7 Å². The molecule has 0 amide bonds. The second-order valence-corrected chi connectivity index (χ2v) is 7.90. The summed E-state index contributed by atoms with van der Waals surface area (Å²) >= 11 is 0.